The van der Waals surface area contributed by atoms with Crippen molar-refractivity contribution in [3.63, 3.8) is 0 Å². The highest BCUT2D eigenvalue weighted by Gasteiger charge is 2.22. The van der Waals surface area contributed by atoms with Gasteiger partial charge in [0.1, 0.15) is 0 Å². The summed E-state index contributed by atoms with van der Waals surface area (Å²) in [5, 5.41) is 12.8. The van der Waals surface area contributed by atoms with Crippen molar-refractivity contribution in [1.29, 1.82) is 0 Å². The summed E-state index contributed by atoms with van der Waals surface area (Å²) in [6.07, 6.45) is 4.72. The van der Waals surface area contributed by atoms with Crippen LogP contribution in [0.25, 0.3) is 0 Å². The minimum absolute atomic E-state index is 0.361. The molecule has 1 aliphatic carbocycles. The number of hydrogen-bond acceptors (Lipinski definition) is 3. The Morgan fingerprint density at radius 3 is 2.65 bits per heavy atom. The van der Waals surface area contributed by atoms with Gasteiger partial charge in [-0.05, 0) is 66.6 Å². The predicted molar refractivity (Wildman–Crippen MR) is 76.4 cm³/mol. The van der Waals surface area contributed by atoms with Crippen LogP contribution in [0.1, 0.15) is 43.5 Å². The fourth-order valence-corrected chi connectivity index (χ4v) is 3.94. The first-order valence-corrected chi connectivity index (χ1v) is 7.92. The maximum atomic E-state index is 9.12. The third kappa shape index (κ3) is 3.78. The summed E-state index contributed by atoms with van der Waals surface area (Å²) in [5.41, 5.74) is 0. The number of halogens is 1. The average molecular weight is 318 g/mol. The molecule has 2 N–H and O–H groups in total. The van der Waals surface area contributed by atoms with E-state index in [1.807, 2.05) is 0 Å². The molecule has 2 nitrogen and oxygen atoms in total. The second kappa shape index (κ2) is 6.32. The first-order chi connectivity index (χ1) is 8.19. The standard InChI is InChI=1S/C13H20BrNOS/c1-9(12-6-7-13(14)17-12)15-11-4-2-10(8-16)3-5-11/h6-7,9-11,15-16H,2-5,8H2,1H3. The van der Waals surface area contributed by atoms with Gasteiger partial charge in [0.15, 0.2) is 0 Å². The van der Waals surface area contributed by atoms with Crippen LogP contribution in [0.3, 0.4) is 0 Å². The minimum atomic E-state index is 0.361. The number of aliphatic hydroxyl groups excluding tert-OH is 1. The van der Waals surface area contributed by atoms with Gasteiger partial charge in [-0.1, -0.05) is 0 Å². The molecule has 0 bridgehead atoms. The van der Waals surface area contributed by atoms with Crippen LogP contribution in [0.4, 0.5) is 0 Å². The van der Waals surface area contributed by atoms with Crippen LogP contribution < -0.4 is 5.32 Å². The molecule has 1 saturated carbocycles. The third-order valence-corrected chi connectivity index (χ3v) is 5.42. The van der Waals surface area contributed by atoms with Crippen molar-refractivity contribution >= 4 is 27.3 Å². The molecule has 1 fully saturated rings. The summed E-state index contributed by atoms with van der Waals surface area (Å²) in [6, 6.07) is 5.35. The van der Waals surface area contributed by atoms with Gasteiger partial charge in [0.25, 0.3) is 0 Å². The molecule has 2 rings (SSSR count). The van der Waals surface area contributed by atoms with Crippen molar-refractivity contribution in [3.05, 3.63) is 20.8 Å². The van der Waals surface area contributed by atoms with Crippen LogP contribution in [0.15, 0.2) is 15.9 Å². The van der Waals surface area contributed by atoms with Crippen LogP contribution in [0.5, 0.6) is 0 Å². The number of nitrogens with one attached hydrogen (secondary N) is 1. The number of hydrogen-bond donors (Lipinski definition) is 2. The monoisotopic (exact) mass is 317 g/mol. The van der Waals surface area contributed by atoms with Gasteiger partial charge in [-0.3, -0.25) is 0 Å². The Kier molecular flexibility index (Phi) is 5.03. The first-order valence-electron chi connectivity index (χ1n) is 6.31. The summed E-state index contributed by atoms with van der Waals surface area (Å²) in [5.74, 6) is 0.541. The molecule has 0 spiro atoms. The maximum absolute atomic E-state index is 9.12. The molecule has 96 valence electrons. The zero-order valence-corrected chi connectivity index (χ0v) is 12.6. The Labute approximate surface area is 116 Å². The highest BCUT2D eigenvalue weighted by atomic mass is 79.9. The Morgan fingerprint density at radius 1 is 1.41 bits per heavy atom. The highest BCUT2D eigenvalue weighted by Crippen LogP contribution is 2.29. The quantitative estimate of drug-likeness (QED) is 0.887. The Bertz CT molecular complexity index is 347. The molecule has 17 heavy (non-hydrogen) atoms. The fraction of sp³-hybridized carbons (Fsp3) is 0.692. The minimum Gasteiger partial charge on any atom is -0.396 e. The van der Waals surface area contributed by atoms with E-state index in [1.54, 1.807) is 11.3 Å². The molecule has 1 atom stereocenters. The molecule has 0 saturated heterocycles. The highest BCUT2D eigenvalue weighted by molar-refractivity contribution is 9.11. The summed E-state index contributed by atoms with van der Waals surface area (Å²) in [6.45, 7) is 2.59. The van der Waals surface area contributed by atoms with Crippen LogP contribution >= 0.6 is 27.3 Å². The van der Waals surface area contributed by atoms with E-state index in [4.69, 9.17) is 5.11 Å². The lowest BCUT2D eigenvalue weighted by molar-refractivity contribution is 0.172. The lowest BCUT2D eigenvalue weighted by atomic mass is 9.86. The maximum Gasteiger partial charge on any atom is 0.0701 e. The molecule has 1 aliphatic rings. The zero-order valence-electron chi connectivity index (χ0n) is 10.2. The number of rotatable bonds is 4. The van der Waals surface area contributed by atoms with E-state index in [9.17, 15) is 0 Å². The number of thiophene rings is 1. The van der Waals surface area contributed by atoms with Crippen LogP contribution in [-0.2, 0) is 0 Å². The Morgan fingerprint density at radius 2 is 2.12 bits per heavy atom. The van der Waals surface area contributed by atoms with E-state index >= 15 is 0 Å². The van der Waals surface area contributed by atoms with Crippen LogP contribution in [0, 0.1) is 5.92 Å². The largest absolute Gasteiger partial charge is 0.396 e. The van der Waals surface area contributed by atoms with Crippen molar-refractivity contribution in [2.24, 2.45) is 5.92 Å². The zero-order chi connectivity index (χ0) is 12.3. The summed E-state index contributed by atoms with van der Waals surface area (Å²) in [7, 11) is 0. The van der Waals surface area contributed by atoms with Crippen molar-refractivity contribution in [1.82, 2.24) is 5.32 Å². The normalized spacial score (nSPS) is 27.0. The average Bonchev–Trinajstić information content (AvgIpc) is 2.77. The van der Waals surface area contributed by atoms with Crippen molar-refractivity contribution in [2.45, 2.75) is 44.7 Å². The molecule has 1 heterocycles. The second-order valence-corrected chi connectivity index (χ2v) is 7.43. The van der Waals surface area contributed by atoms with Gasteiger partial charge in [-0.2, -0.15) is 0 Å². The van der Waals surface area contributed by atoms with E-state index in [0.29, 0.717) is 24.6 Å². The molecular formula is C13H20BrNOS. The fourth-order valence-electron chi connectivity index (χ4n) is 2.51. The summed E-state index contributed by atoms with van der Waals surface area (Å²) in [4.78, 5) is 1.39. The van der Waals surface area contributed by atoms with Gasteiger partial charge in [0.2, 0.25) is 0 Å². The summed E-state index contributed by atoms with van der Waals surface area (Å²) >= 11 is 5.31. The van der Waals surface area contributed by atoms with Crippen molar-refractivity contribution in [3.8, 4) is 0 Å². The van der Waals surface area contributed by atoms with E-state index in [-0.39, 0.29) is 0 Å². The van der Waals surface area contributed by atoms with Gasteiger partial charge in [0.05, 0.1) is 3.79 Å². The predicted octanol–water partition coefficient (Wildman–Crippen LogP) is 3.71. The molecule has 0 amide bonds. The topological polar surface area (TPSA) is 32.3 Å². The van der Waals surface area contributed by atoms with E-state index in [1.165, 1.54) is 21.5 Å². The summed E-state index contributed by atoms with van der Waals surface area (Å²) < 4.78 is 1.20. The van der Waals surface area contributed by atoms with Crippen LogP contribution in [0.2, 0.25) is 0 Å². The van der Waals surface area contributed by atoms with Gasteiger partial charge in [-0.25, -0.2) is 0 Å². The third-order valence-electron chi connectivity index (χ3n) is 3.61. The molecule has 1 aromatic heterocycles. The first kappa shape index (κ1) is 13.5. The SMILES string of the molecule is CC(NC1CCC(CO)CC1)c1ccc(Br)s1. The van der Waals surface area contributed by atoms with Gasteiger partial charge >= 0.3 is 0 Å². The van der Waals surface area contributed by atoms with E-state index in [0.717, 1.165) is 12.8 Å². The molecule has 0 aromatic carbocycles. The van der Waals surface area contributed by atoms with Gasteiger partial charge in [-0.15, -0.1) is 11.3 Å². The second-order valence-electron chi connectivity index (χ2n) is 4.93. The molecular weight excluding hydrogens is 298 g/mol. The molecule has 4 heteroatoms. The molecule has 1 aromatic rings. The Balaban J connectivity index is 1.81. The lowest BCUT2D eigenvalue weighted by Crippen LogP contribution is -2.35. The molecule has 0 aliphatic heterocycles. The molecule has 1 unspecified atom stereocenters. The lowest BCUT2D eigenvalue weighted by Gasteiger charge is -2.30. The Hall–Kier alpha value is 0.1000. The van der Waals surface area contributed by atoms with Gasteiger partial charge in [0, 0.05) is 23.6 Å². The van der Waals surface area contributed by atoms with Crippen LogP contribution in [-0.4, -0.2) is 17.8 Å². The van der Waals surface area contributed by atoms with Gasteiger partial charge < -0.3 is 10.4 Å². The van der Waals surface area contributed by atoms with E-state index < -0.39 is 0 Å². The van der Waals surface area contributed by atoms with Crippen molar-refractivity contribution in [2.75, 3.05) is 6.61 Å². The molecule has 0 radical (unpaired) electrons. The smallest absolute Gasteiger partial charge is 0.0701 e. The van der Waals surface area contributed by atoms with Crippen molar-refractivity contribution < 1.29 is 5.11 Å². The van der Waals surface area contributed by atoms with E-state index in [2.05, 4.69) is 40.3 Å². The number of aliphatic hydroxyl groups is 1.